The third kappa shape index (κ3) is 4.31. The zero-order chi connectivity index (χ0) is 14.7. The molecule has 1 aromatic rings. The summed E-state index contributed by atoms with van der Waals surface area (Å²) < 4.78 is 1.23. The molecule has 2 fully saturated rings. The van der Waals surface area contributed by atoms with E-state index >= 15 is 0 Å². The van der Waals surface area contributed by atoms with Crippen LogP contribution in [0.5, 0.6) is 0 Å². The second kappa shape index (κ2) is 7.58. The fourth-order valence-electron chi connectivity index (χ4n) is 3.87. The maximum absolute atomic E-state index is 3.86. The predicted molar refractivity (Wildman–Crippen MR) is 94.9 cm³/mol. The molecule has 3 rings (SSSR count). The molecule has 118 valence electrons. The molecule has 4 heteroatoms. The first kappa shape index (κ1) is 16.0. The lowest BCUT2D eigenvalue weighted by atomic mass is 9.83. The standard InChI is InChI=1S/C17H27BrN2S/c1-13-7-8-19-17(14-5-3-2-4-6-14)11-20(13)10-16-9-15(18)12-21-16/h9,12-14,17,19H,2-8,10-11H2,1H3. The monoisotopic (exact) mass is 370 g/mol. The SMILES string of the molecule is CC1CCNC(C2CCCCC2)CN1Cc1cc(Br)cs1. The van der Waals surface area contributed by atoms with E-state index < -0.39 is 0 Å². The average molecular weight is 371 g/mol. The highest BCUT2D eigenvalue weighted by atomic mass is 79.9. The molecule has 1 saturated carbocycles. The van der Waals surface area contributed by atoms with E-state index in [1.54, 1.807) is 0 Å². The number of thiophene rings is 1. The van der Waals surface area contributed by atoms with Crippen LogP contribution >= 0.6 is 27.3 Å². The van der Waals surface area contributed by atoms with Gasteiger partial charge in [0.25, 0.3) is 0 Å². The largest absolute Gasteiger partial charge is 0.312 e. The van der Waals surface area contributed by atoms with Crippen LogP contribution in [0.2, 0.25) is 0 Å². The minimum absolute atomic E-state index is 0.687. The molecule has 0 aromatic carbocycles. The van der Waals surface area contributed by atoms with Gasteiger partial charge in [0, 0.05) is 39.9 Å². The Hall–Kier alpha value is 0.1000. The molecule has 0 bridgehead atoms. The summed E-state index contributed by atoms with van der Waals surface area (Å²) in [5.41, 5.74) is 0. The topological polar surface area (TPSA) is 15.3 Å². The van der Waals surface area contributed by atoms with E-state index in [2.05, 4.69) is 44.5 Å². The molecular weight excluding hydrogens is 344 g/mol. The van der Waals surface area contributed by atoms with Gasteiger partial charge in [-0.1, -0.05) is 19.3 Å². The second-order valence-electron chi connectivity index (χ2n) is 6.76. The fourth-order valence-corrected chi connectivity index (χ4v) is 5.34. The number of nitrogens with one attached hydrogen (secondary N) is 1. The van der Waals surface area contributed by atoms with Gasteiger partial charge < -0.3 is 5.32 Å². The van der Waals surface area contributed by atoms with Gasteiger partial charge in [0.15, 0.2) is 0 Å². The van der Waals surface area contributed by atoms with Crippen LogP contribution < -0.4 is 5.32 Å². The lowest BCUT2D eigenvalue weighted by Gasteiger charge is -2.34. The van der Waals surface area contributed by atoms with Crippen LogP contribution in [0.1, 0.15) is 50.3 Å². The molecule has 1 N–H and O–H groups in total. The van der Waals surface area contributed by atoms with Gasteiger partial charge in [-0.05, 0) is 60.6 Å². The molecule has 0 radical (unpaired) electrons. The molecule has 2 heterocycles. The van der Waals surface area contributed by atoms with E-state index in [-0.39, 0.29) is 0 Å². The van der Waals surface area contributed by atoms with Crippen molar-refractivity contribution in [3.05, 3.63) is 20.8 Å². The lowest BCUT2D eigenvalue weighted by molar-refractivity contribution is 0.166. The van der Waals surface area contributed by atoms with Crippen LogP contribution in [-0.2, 0) is 6.54 Å². The van der Waals surface area contributed by atoms with Gasteiger partial charge in [0.2, 0.25) is 0 Å². The van der Waals surface area contributed by atoms with Crippen molar-refractivity contribution >= 4 is 27.3 Å². The van der Waals surface area contributed by atoms with Gasteiger partial charge >= 0.3 is 0 Å². The van der Waals surface area contributed by atoms with Crippen molar-refractivity contribution in [2.45, 2.75) is 64.1 Å². The van der Waals surface area contributed by atoms with E-state index in [1.165, 1.54) is 61.0 Å². The summed E-state index contributed by atoms with van der Waals surface area (Å²) in [4.78, 5) is 4.19. The van der Waals surface area contributed by atoms with Crippen molar-refractivity contribution in [3.63, 3.8) is 0 Å². The summed E-state index contributed by atoms with van der Waals surface area (Å²) in [6.07, 6.45) is 8.48. The minimum Gasteiger partial charge on any atom is -0.312 e. The summed E-state index contributed by atoms with van der Waals surface area (Å²) in [5, 5.41) is 6.06. The van der Waals surface area contributed by atoms with Gasteiger partial charge in [-0.15, -0.1) is 11.3 Å². The quantitative estimate of drug-likeness (QED) is 0.833. The smallest absolute Gasteiger partial charge is 0.0331 e. The van der Waals surface area contributed by atoms with Crippen molar-refractivity contribution in [2.75, 3.05) is 13.1 Å². The Labute approximate surface area is 141 Å². The van der Waals surface area contributed by atoms with E-state index in [0.29, 0.717) is 12.1 Å². The number of hydrogen-bond donors (Lipinski definition) is 1. The third-order valence-corrected chi connectivity index (χ3v) is 6.91. The molecular formula is C17H27BrN2S. The van der Waals surface area contributed by atoms with E-state index in [1.807, 2.05) is 11.3 Å². The molecule has 2 unspecified atom stereocenters. The zero-order valence-corrected chi connectivity index (χ0v) is 15.4. The summed E-state index contributed by atoms with van der Waals surface area (Å²) in [6, 6.07) is 3.68. The summed E-state index contributed by atoms with van der Waals surface area (Å²) in [7, 11) is 0. The van der Waals surface area contributed by atoms with Crippen LogP contribution in [-0.4, -0.2) is 30.1 Å². The number of halogens is 1. The molecule has 1 aromatic heterocycles. The predicted octanol–water partition coefficient (Wildman–Crippen LogP) is 4.64. The Balaban J connectivity index is 1.65. The molecule has 0 spiro atoms. The summed E-state index contributed by atoms with van der Waals surface area (Å²) in [5.74, 6) is 0.904. The van der Waals surface area contributed by atoms with Crippen molar-refractivity contribution in [1.29, 1.82) is 0 Å². The molecule has 0 amide bonds. The molecule has 21 heavy (non-hydrogen) atoms. The maximum atomic E-state index is 3.86. The first-order valence-corrected chi connectivity index (χ1v) is 10.1. The van der Waals surface area contributed by atoms with Crippen LogP contribution in [0.25, 0.3) is 0 Å². The van der Waals surface area contributed by atoms with Crippen LogP contribution in [0.3, 0.4) is 0 Å². The maximum Gasteiger partial charge on any atom is 0.0331 e. The van der Waals surface area contributed by atoms with E-state index in [9.17, 15) is 0 Å². The van der Waals surface area contributed by atoms with Crippen molar-refractivity contribution in [2.24, 2.45) is 5.92 Å². The van der Waals surface area contributed by atoms with Crippen molar-refractivity contribution in [1.82, 2.24) is 10.2 Å². The molecule has 1 aliphatic heterocycles. The molecule has 1 aliphatic carbocycles. The Morgan fingerprint density at radius 1 is 1.29 bits per heavy atom. The highest BCUT2D eigenvalue weighted by molar-refractivity contribution is 9.10. The molecule has 1 saturated heterocycles. The van der Waals surface area contributed by atoms with Crippen LogP contribution in [0.4, 0.5) is 0 Å². The number of rotatable bonds is 3. The van der Waals surface area contributed by atoms with E-state index in [0.717, 1.165) is 12.5 Å². The Morgan fingerprint density at radius 2 is 2.10 bits per heavy atom. The number of hydrogen-bond acceptors (Lipinski definition) is 3. The Kier molecular flexibility index (Phi) is 5.77. The van der Waals surface area contributed by atoms with Crippen molar-refractivity contribution < 1.29 is 0 Å². The van der Waals surface area contributed by atoms with Crippen LogP contribution in [0, 0.1) is 5.92 Å². The molecule has 2 aliphatic rings. The Morgan fingerprint density at radius 3 is 2.81 bits per heavy atom. The first-order valence-electron chi connectivity index (χ1n) is 8.42. The Bertz CT molecular complexity index is 442. The third-order valence-electron chi connectivity index (χ3n) is 5.22. The average Bonchev–Trinajstić information content (AvgIpc) is 2.81. The first-order chi connectivity index (χ1) is 10.2. The van der Waals surface area contributed by atoms with Gasteiger partial charge in [0.05, 0.1) is 0 Å². The summed E-state index contributed by atoms with van der Waals surface area (Å²) in [6.45, 7) is 5.92. The van der Waals surface area contributed by atoms with Crippen molar-refractivity contribution in [3.8, 4) is 0 Å². The highest BCUT2D eigenvalue weighted by Gasteiger charge is 2.29. The van der Waals surface area contributed by atoms with Gasteiger partial charge in [-0.25, -0.2) is 0 Å². The van der Waals surface area contributed by atoms with Gasteiger partial charge in [-0.3, -0.25) is 4.90 Å². The molecule has 2 nitrogen and oxygen atoms in total. The molecule has 2 atom stereocenters. The zero-order valence-electron chi connectivity index (χ0n) is 13.0. The lowest BCUT2D eigenvalue weighted by Crippen LogP contribution is -2.44. The normalized spacial score (nSPS) is 29.4. The minimum atomic E-state index is 0.687. The number of nitrogens with zero attached hydrogens (tertiary/aromatic N) is 1. The highest BCUT2D eigenvalue weighted by Crippen LogP contribution is 2.29. The van der Waals surface area contributed by atoms with Crippen LogP contribution in [0.15, 0.2) is 15.9 Å². The fraction of sp³-hybridized carbons (Fsp3) is 0.765. The van der Waals surface area contributed by atoms with Gasteiger partial charge in [-0.2, -0.15) is 0 Å². The van der Waals surface area contributed by atoms with Gasteiger partial charge in [0.1, 0.15) is 0 Å². The van der Waals surface area contributed by atoms with E-state index in [4.69, 9.17) is 0 Å². The second-order valence-corrected chi connectivity index (χ2v) is 8.67. The summed E-state index contributed by atoms with van der Waals surface area (Å²) >= 11 is 5.46.